The Kier molecular flexibility index (Phi) is 6.65. The maximum absolute atomic E-state index is 14.7. The van der Waals surface area contributed by atoms with Crippen LogP contribution in [0.1, 0.15) is 18.5 Å². The third-order valence-electron chi connectivity index (χ3n) is 4.29. The second-order valence-corrected chi connectivity index (χ2v) is 6.67. The lowest BCUT2D eigenvalue weighted by atomic mass is 9.82. The molecular weight excluding hydrogens is 467 g/mol. The van der Waals surface area contributed by atoms with Crippen LogP contribution in [0.25, 0.3) is 0 Å². The molecule has 4 nitrogen and oxygen atoms in total. The second-order valence-electron chi connectivity index (χ2n) is 6.29. The van der Waals surface area contributed by atoms with Gasteiger partial charge in [0.15, 0.2) is 5.11 Å². The SMILES string of the molecule is CCOC(=O)C1C(C(F)(F)C(F)(F)C(F)(F)C(F)(F)F)=NC(=S)NC1c1ccccc1. The fraction of sp³-hybridized carbons (Fsp3) is 0.471. The smallest absolute Gasteiger partial charge is 0.460 e. The fourth-order valence-electron chi connectivity index (χ4n) is 2.80. The lowest BCUT2D eigenvalue weighted by Gasteiger charge is -2.39. The van der Waals surface area contributed by atoms with E-state index in [4.69, 9.17) is 0 Å². The largest absolute Gasteiger partial charge is 0.465 e. The minimum absolute atomic E-state index is 0.0111. The first-order chi connectivity index (χ1) is 14.1. The van der Waals surface area contributed by atoms with Crippen molar-refractivity contribution >= 4 is 29.0 Å². The summed E-state index contributed by atoms with van der Waals surface area (Å²) in [7, 11) is 0. The Morgan fingerprint density at radius 2 is 1.58 bits per heavy atom. The van der Waals surface area contributed by atoms with E-state index in [2.05, 4.69) is 27.3 Å². The van der Waals surface area contributed by atoms with Gasteiger partial charge < -0.3 is 10.1 Å². The van der Waals surface area contributed by atoms with Gasteiger partial charge in [0.25, 0.3) is 0 Å². The molecule has 0 amide bonds. The van der Waals surface area contributed by atoms with Gasteiger partial charge in [-0.2, -0.15) is 39.5 Å². The predicted octanol–water partition coefficient (Wildman–Crippen LogP) is 4.70. The quantitative estimate of drug-likeness (QED) is 0.364. The van der Waals surface area contributed by atoms with Crippen LogP contribution in [0.3, 0.4) is 0 Å². The molecule has 0 saturated heterocycles. The molecule has 0 aromatic heterocycles. The first kappa shape index (κ1) is 24.9. The first-order valence-electron chi connectivity index (χ1n) is 8.40. The van der Waals surface area contributed by atoms with E-state index in [-0.39, 0.29) is 5.56 Å². The van der Waals surface area contributed by atoms with Crippen LogP contribution in [-0.4, -0.2) is 47.3 Å². The Bertz CT molecular complexity index is 872. The monoisotopic (exact) mass is 480 g/mol. The van der Waals surface area contributed by atoms with Gasteiger partial charge in [0.05, 0.1) is 12.6 Å². The molecule has 2 rings (SSSR count). The van der Waals surface area contributed by atoms with Crippen molar-refractivity contribution in [3.8, 4) is 0 Å². The molecule has 1 aliphatic heterocycles. The van der Waals surface area contributed by atoms with Gasteiger partial charge >= 0.3 is 29.9 Å². The molecule has 172 valence electrons. The Hall–Kier alpha value is -2.38. The summed E-state index contributed by atoms with van der Waals surface area (Å²) in [6.45, 7) is 0.799. The number of nitrogens with one attached hydrogen (secondary N) is 1. The summed E-state index contributed by atoms with van der Waals surface area (Å²) in [6.07, 6.45) is -7.02. The molecule has 1 aliphatic rings. The summed E-state index contributed by atoms with van der Waals surface area (Å²) < 4.78 is 126. The van der Waals surface area contributed by atoms with Crippen LogP contribution in [0.15, 0.2) is 35.3 Å². The number of esters is 1. The van der Waals surface area contributed by atoms with Crippen molar-refractivity contribution in [3.63, 3.8) is 0 Å². The van der Waals surface area contributed by atoms with Crippen molar-refractivity contribution in [2.24, 2.45) is 10.9 Å². The molecule has 0 spiro atoms. The maximum Gasteiger partial charge on any atom is 0.460 e. The number of ether oxygens (including phenoxy) is 1. The van der Waals surface area contributed by atoms with Gasteiger partial charge in [-0.05, 0) is 24.7 Å². The third kappa shape index (κ3) is 4.21. The van der Waals surface area contributed by atoms with Crippen LogP contribution in [0.4, 0.5) is 39.5 Å². The molecule has 1 N–H and O–H groups in total. The molecule has 31 heavy (non-hydrogen) atoms. The molecule has 1 heterocycles. The summed E-state index contributed by atoms with van der Waals surface area (Å²) in [5, 5.41) is 1.38. The molecule has 2 atom stereocenters. The van der Waals surface area contributed by atoms with Crippen molar-refractivity contribution in [3.05, 3.63) is 35.9 Å². The number of nitrogens with zero attached hydrogens (tertiary/aromatic N) is 1. The average molecular weight is 480 g/mol. The summed E-state index contributed by atoms with van der Waals surface area (Å²) in [4.78, 5) is 15.2. The number of rotatable bonds is 6. The van der Waals surface area contributed by atoms with Crippen molar-refractivity contribution in [1.82, 2.24) is 5.32 Å². The summed E-state index contributed by atoms with van der Waals surface area (Å²) in [5.74, 6) is -24.5. The van der Waals surface area contributed by atoms with E-state index in [1.807, 2.05) is 0 Å². The molecule has 14 heteroatoms. The molecule has 0 fully saturated rings. The summed E-state index contributed by atoms with van der Waals surface area (Å²) in [6, 6.07) is 5.09. The van der Waals surface area contributed by atoms with Crippen LogP contribution in [0.2, 0.25) is 0 Å². The van der Waals surface area contributed by atoms with E-state index in [1.165, 1.54) is 37.3 Å². The highest BCUT2D eigenvalue weighted by Crippen LogP contribution is 2.54. The highest BCUT2D eigenvalue weighted by molar-refractivity contribution is 7.80. The summed E-state index contributed by atoms with van der Waals surface area (Å²) in [5.41, 5.74) is -2.26. The number of aliphatic imine (C=N–C) groups is 1. The lowest BCUT2D eigenvalue weighted by Crippen LogP contribution is -2.66. The van der Waals surface area contributed by atoms with Crippen LogP contribution < -0.4 is 5.32 Å². The zero-order valence-electron chi connectivity index (χ0n) is 15.3. The van der Waals surface area contributed by atoms with Crippen molar-refractivity contribution in [2.75, 3.05) is 6.61 Å². The number of halogens is 9. The Morgan fingerprint density at radius 1 is 1.03 bits per heavy atom. The van der Waals surface area contributed by atoms with E-state index in [1.54, 1.807) is 0 Å². The van der Waals surface area contributed by atoms with Crippen LogP contribution in [-0.2, 0) is 9.53 Å². The molecule has 2 unspecified atom stereocenters. The molecule has 1 aromatic rings. The molecule has 0 aliphatic carbocycles. The van der Waals surface area contributed by atoms with E-state index >= 15 is 0 Å². The van der Waals surface area contributed by atoms with Crippen LogP contribution in [0, 0.1) is 5.92 Å². The molecule has 0 bridgehead atoms. The first-order valence-corrected chi connectivity index (χ1v) is 8.81. The third-order valence-corrected chi connectivity index (χ3v) is 4.50. The average Bonchev–Trinajstić information content (AvgIpc) is 2.66. The van der Waals surface area contributed by atoms with Crippen LogP contribution in [0.5, 0.6) is 0 Å². The Balaban J connectivity index is 2.69. The molecule has 0 saturated carbocycles. The number of thiocarbonyl (C=S) groups is 1. The van der Waals surface area contributed by atoms with Gasteiger partial charge in [0, 0.05) is 0 Å². The maximum atomic E-state index is 14.7. The number of hydrogen-bond donors (Lipinski definition) is 1. The van der Waals surface area contributed by atoms with E-state index in [0.29, 0.717) is 0 Å². The van der Waals surface area contributed by atoms with E-state index in [0.717, 1.165) is 0 Å². The van der Waals surface area contributed by atoms with E-state index < -0.39 is 59.3 Å². The van der Waals surface area contributed by atoms with Crippen LogP contribution >= 0.6 is 12.2 Å². The summed E-state index contributed by atoms with van der Waals surface area (Å²) >= 11 is 4.58. The standard InChI is InChI=1S/C17H13F9N2O2S/c1-2-30-12(29)9-10(8-6-4-3-5-7-8)27-13(31)28-11(9)14(18,19)15(20,21)16(22,23)17(24,25)26/h3-7,9-10H,2H2,1H3,(H,27,31). The molecule has 0 radical (unpaired) electrons. The van der Waals surface area contributed by atoms with Gasteiger partial charge in [0.2, 0.25) is 0 Å². The number of alkyl halides is 9. The Labute approximate surface area is 174 Å². The van der Waals surface area contributed by atoms with Gasteiger partial charge in [-0.25, -0.2) is 4.99 Å². The van der Waals surface area contributed by atoms with E-state index in [9.17, 15) is 44.3 Å². The zero-order valence-corrected chi connectivity index (χ0v) is 16.1. The fourth-order valence-corrected chi connectivity index (χ4v) is 3.03. The minimum atomic E-state index is -7.15. The number of carbonyl (C=O) groups excluding carboxylic acids is 1. The van der Waals surface area contributed by atoms with Crippen molar-refractivity contribution < 1.29 is 49.0 Å². The van der Waals surface area contributed by atoms with Gasteiger partial charge in [-0.15, -0.1) is 0 Å². The normalized spacial score (nSPS) is 20.7. The number of hydrogen-bond acceptors (Lipinski definition) is 3. The van der Waals surface area contributed by atoms with Gasteiger partial charge in [-0.1, -0.05) is 30.3 Å². The van der Waals surface area contributed by atoms with Crippen molar-refractivity contribution in [2.45, 2.75) is 36.9 Å². The Morgan fingerprint density at radius 3 is 2.06 bits per heavy atom. The highest BCUT2D eigenvalue weighted by Gasteiger charge is 2.83. The van der Waals surface area contributed by atoms with Crippen molar-refractivity contribution in [1.29, 1.82) is 0 Å². The topological polar surface area (TPSA) is 50.7 Å². The number of carbonyl (C=O) groups is 1. The number of benzene rings is 1. The lowest BCUT2D eigenvalue weighted by molar-refractivity contribution is -0.385. The molecular formula is C17H13F9N2O2S. The molecule has 1 aromatic carbocycles. The second kappa shape index (κ2) is 8.28. The zero-order chi connectivity index (χ0) is 23.8. The highest BCUT2D eigenvalue weighted by atomic mass is 32.1. The van der Waals surface area contributed by atoms with Gasteiger partial charge in [-0.3, -0.25) is 4.79 Å². The predicted molar refractivity (Wildman–Crippen MR) is 93.4 cm³/mol. The van der Waals surface area contributed by atoms with Gasteiger partial charge in [0.1, 0.15) is 11.6 Å². The minimum Gasteiger partial charge on any atom is -0.465 e.